The van der Waals surface area contributed by atoms with Crippen LogP contribution in [0.15, 0.2) is 24.3 Å². The zero-order chi connectivity index (χ0) is 10.4. The van der Waals surface area contributed by atoms with Gasteiger partial charge >= 0.3 is 0 Å². The van der Waals surface area contributed by atoms with E-state index in [1.165, 1.54) is 0 Å². The van der Waals surface area contributed by atoms with Crippen LogP contribution >= 0.6 is 11.6 Å². The zero-order valence-electron chi connectivity index (χ0n) is 7.46. The molecule has 0 aliphatic rings. The fourth-order valence-electron chi connectivity index (χ4n) is 0.937. The van der Waals surface area contributed by atoms with Crippen molar-refractivity contribution in [1.82, 2.24) is 5.32 Å². The summed E-state index contributed by atoms with van der Waals surface area (Å²) in [6.07, 6.45) is -0.104. The fraction of sp³-hybridized carbons (Fsp3) is 0.200. The van der Waals surface area contributed by atoms with Crippen LogP contribution in [0.5, 0.6) is 0 Å². The van der Waals surface area contributed by atoms with Crippen molar-refractivity contribution in [3.05, 3.63) is 34.9 Å². The highest BCUT2D eigenvalue weighted by Crippen LogP contribution is 2.08. The van der Waals surface area contributed by atoms with E-state index >= 15 is 0 Å². The first-order valence-corrected chi connectivity index (χ1v) is 4.48. The Morgan fingerprint density at radius 3 is 2.64 bits per heavy atom. The molecular formula is C10H9ClN2O. The highest BCUT2D eigenvalue weighted by Gasteiger charge is 1.99. The van der Waals surface area contributed by atoms with Gasteiger partial charge in [0.1, 0.15) is 6.42 Å². The van der Waals surface area contributed by atoms with Crippen molar-refractivity contribution >= 4 is 17.5 Å². The summed E-state index contributed by atoms with van der Waals surface area (Å²) in [5, 5.41) is 11.5. The molecule has 4 heteroatoms. The molecule has 1 aromatic rings. The Kier molecular flexibility index (Phi) is 3.96. The van der Waals surface area contributed by atoms with Crippen molar-refractivity contribution < 1.29 is 4.79 Å². The molecular weight excluding hydrogens is 200 g/mol. The Bertz CT molecular complexity index is 353. The Hall–Kier alpha value is -1.53. The fourth-order valence-corrected chi connectivity index (χ4v) is 1.06. The van der Waals surface area contributed by atoms with E-state index in [9.17, 15) is 4.79 Å². The van der Waals surface area contributed by atoms with E-state index in [-0.39, 0.29) is 12.3 Å². The van der Waals surface area contributed by atoms with E-state index < -0.39 is 0 Å². The summed E-state index contributed by atoms with van der Waals surface area (Å²) in [4.78, 5) is 10.9. The Balaban J connectivity index is 2.43. The third-order valence-electron chi connectivity index (χ3n) is 1.64. The van der Waals surface area contributed by atoms with Crippen LogP contribution in [0.1, 0.15) is 12.0 Å². The van der Waals surface area contributed by atoms with E-state index in [4.69, 9.17) is 16.9 Å². The predicted octanol–water partition coefficient (Wildman–Crippen LogP) is 1.87. The number of carbonyl (C=O) groups is 1. The molecule has 72 valence electrons. The number of rotatable bonds is 3. The minimum Gasteiger partial charge on any atom is -0.351 e. The minimum atomic E-state index is -0.262. The van der Waals surface area contributed by atoms with Gasteiger partial charge in [0.2, 0.25) is 5.91 Å². The van der Waals surface area contributed by atoms with E-state index in [0.717, 1.165) is 5.56 Å². The molecule has 0 saturated heterocycles. The lowest BCUT2D eigenvalue weighted by Crippen LogP contribution is -2.21. The van der Waals surface area contributed by atoms with E-state index in [1.807, 2.05) is 12.1 Å². The van der Waals surface area contributed by atoms with Crippen LogP contribution in [0, 0.1) is 11.3 Å². The first-order chi connectivity index (χ1) is 6.72. The number of nitrogens with zero attached hydrogens (tertiary/aromatic N) is 1. The molecule has 0 radical (unpaired) electrons. The second-order valence-electron chi connectivity index (χ2n) is 2.74. The Labute approximate surface area is 87.3 Å². The maximum absolute atomic E-state index is 10.9. The van der Waals surface area contributed by atoms with Crippen molar-refractivity contribution in [2.45, 2.75) is 13.0 Å². The van der Waals surface area contributed by atoms with Gasteiger partial charge in [0.15, 0.2) is 0 Å². The molecule has 1 aromatic carbocycles. The lowest BCUT2D eigenvalue weighted by Gasteiger charge is -2.02. The van der Waals surface area contributed by atoms with E-state index in [0.29, 0.717) is 11.6 Å². The maximum Gasteiger partial charge on any atom is 0.234 e. The summed E-state index contributed by atoms with van der Waals surface area (Å²) in [5.41, 5.74) is 0.959. The first kappa shape index (κ1) is 10.6. The topological polar surface area (TPSA) is 52.9 Å². The van der Waals surface area contributed by atoms with Crippen LogP contribution < -0.4 is 5.32 Å². The van der Waals surface area contributed by atoms with Crippen molar-refractivity contribution in [3.8, 4) is 6.07 Å². The highest BCUT2D eigenvalue weighted by molar-refractivity contribution is 6.30. The number of amides is 1. The van der Waals surface area contributed by atoms with Gasteiger partial charge in [-0.15, -0.1) is 0 Å². The third-order valence-corrected chi connectivity index (χ3v) is 1.89. The summed E-state index contributed by atoms with van der Waals surface area (Å²) >= 11 is 5.69. The molecule has 0 spiro atoms. The van der Waals surface area contributed by atoms with Crippen LogP contribution in [0.4, 0.5) is 0 Å². The van der Waals surface area contributed by atoms with Gasteiger partial charge in [0.25, 0.3) is 0 Å². The average Bonchev–Trinajstić information content (AvgIpc) is 2.17. The predicted molar refractivity (Wildman–Crippen MR) is 53.5 cm³/mol. The molecule has 1 N–H and O–H groups in total. The highest BCUT2D eigenvalue weighted by atomic mass is 35.5. The number of benzene rings is 1. The van der Waals surface area contributed by atoms with Gasteiger partial charge in [0.05, 0.1) is 6.07 Å². The molecule has 0 aliphatic heterocycles. The molecule has 0 heterocycles. The molecule has 0 bridgehead atoms. The van der Waals surface area contributed by atoms with Gasteiger partial charge in [0, 0.05) is 11.6 Å². The molecule has 0 aromatic heterocycles. The number of hydrogen-bond donors (Lipinski definition) is 1. The van der Waals surface area contributed by atoms with Crippen molar-refractivity contribution in [3.63, 3.8) is 0 Å². The van der Waals surface area contributed by atoms with Gasteiger partial charge in [-0.05, 0) is 17.7 Å². The lowest BCUT2D eigenvalue weighted by atomic mass is 10.2. The number of nitrogens with one attached hydrogen (secondary N) is 1. The first-order valence-electron chi connectivity index (χ1n) is 4.10. The molecule has 0 fully saturated rings. The van der Waals surface area contributed by atoms with Crippen molar-refractivity contribution in [2.24, 2.45) is 0 Å². The Morgan fingerprint density at radius 1 is 1.43 bits per heavy atom. The van der Waals surface area contributed by atoms with Crippen LogP contribution in [-0.4, -0.2) is 5.91 Å². The second kappa shape index (κ2) is 5.25. The summed E-state index contributed by atoms with van der Waals surface area (Å²) in [5.74, 6) is -0.262. The van der Waals surface area contributed by atoms with Gasteiger partial charge in [-0.1, -0.05) is 23.7 Å². The number of halogens is 1. The minimum absolute atomic E-state index is 0.104. The number of carbonyl (C=O) groups excluding carboxylic acids is 1. The molecule has 0 atom stereocenters. The van der Waals surface area contributed by atoms with Gasteiger partial charge in [-0.25, -0.2) is 0 Å². The van der Waals surface area contributed by atoms with E-state index in [2.05, 4.69) is 5.32 Å². The summed E-state index contributed by atoms with van der Waals surface area (Å²) in [6, 6.07) is 8.95. The SMILES string of the molecule is N#CCC(=O)NCc1ccc(Cl)cc1. The molecule has 0 saturated carbocycles. The van der Waals surface area contributed by atoms with Crippen LogP contribution in [-0.2, 0) is 11.3 Å². The van der Waals surface area contributed by atoms with Crippen LogP contribution in [0.3, 0.4) is 0 Å². The van der Waals surface area contributed by atoms with Crippen molar-refractivity contribution in [1.29, 1.82) is 5.26 Å². The molecule has 1 amide bonds. The maximum atomic E-state index is 10.9. The normalized spacial score (nSPS) is 9.14. The average molecular weight is 209 g/mol. The standard InChI is InChI=1S/C10H9ClN2O/c11-9-3-1-8(2-4-9)7-13-10(14)5-6-12/h1-4H,5,7H2,(H,13,14). The van der Waals surface area contributed by atoms with Crippen LogP contribution in [0.2, 0.25) is 5.02 Å². The second-order valence-corrected chi connectivity index (χ2v) is 3.17. The van der Waals surface area contributed by atoms with E-state index in [1.54, 1.807) is 18.2 Å². The lowest BCUT2D eigenvalue weighted by molar-refractivity contribution is -0.120. The zero-order valence-corrected chi connectivity index (χ0v) is 8.21. The van der Waals surface area contributed by atoms with Gasteiger partial charge < -0.3 is 5.32 Å². The molecule has 0 unspecified atom stereocenters. The van der Waals surface area contributed by atoms with Gasteiger partial charge in [-0.3, -0.25) is 4.79 Å². The smallest absolute Gasteiger partial charge is 0.234 e. The Morgan fingerprint density at radius 2 is 2.07 bits per heavy atom. The monoisotopic (exact) mass is 208 g/mol. The van der Waals surface area contributed by atoms with Crippen molar-refractivity contribution in [2.75, 3.05) is 0 Å². The number of hydrogen-bond acceptors (Lipinski definition) is 2. The summed E-state index contributed by atoms with van der Waals surface area (Å²) in [7, 11) is 0. The number of nitriles is 1. The molecule has 14 heavy (non-hydrogen) atoms. The summed E-state index contributed by atoms with van der Waals surface area (Å²) in [6.45, 7) is 0.428. The van der Waals surface area contributed by atoms with Gasteiger partial charge in [-0.2, -0.15) is 5.26 Å². The third kappa shape index (κ3) is 3.46. The molecule has 3 nitrogen and oxygen atoms in total. The largest absolute Gasteiger partial charge is 0.351 e. The van der Waals surface area contributed by atoms with Crippen LogP contribution in [0.25, 0.3) is 0 Å². The molecule has 1 rings (SSSR count). The summed E-state index contributed by atoms with van der Waals surface area (Å²) < 4.78 is 0. The molecule has 0 aliphatic carbocycles. The quantitative estimate of drug-likeness (QED) is 0.825.